The molecule has 0 aliphatic rings. The second-order valence-electron chi connectivity index (χ2n) is 3.97. The van der Waals surface area contributed by atoms with Crippen molar-refractivity contribution in [2.45, 2.75) is 26.2 Å². The monoisotopic (exact) mass is 238 g/mol. The van der Waals surface area contributed by atoms with Crippen molar-refractivity contribution in [1.82, 2.24) is 0 Å². The molecule has 17 heavy (non-hydrogen) atoms. The molecule has 4 heteroatoms. The van der Waals surface area contributed by atoms with Crippen molar-refractivity contribution >= 4 is 11.8 Å². The fourth-order valence-corrected chi connectivity index (χ4v) is 1.61. The summed E-state index contributed by atoms with van der Waals surface area (Å²) in [5.74, 6) is -2.28. The van der Waals surface area contributed by atoms with E-state index in [-0.39, 0.29) is 18.6 Å². The highest BCUT2D eigenvalue weighted by Gasteiger charge is 2.20. The van der Waals surface area contributed by atoms with Crippen molar-refractivity contribution in [3.8, 4) is 0 Å². The lowest BCUT2D eigenvalue weighted by molar-refractivity contribution is -0.143. The summed E-state index contributed by atoms with van der Waals surface area (Å²) in [6.45, 7) is 1.70. The van der Waals surface area contributed by atoms with Crippen molar-refractivity contribution in [2.24, 2.45) is 5.92 Å². The Morgan fingerprint density at radius 2 is 2.12 bits per heavy atom. The average molecular weight is 238 g/mol. The lowest BCUT2D eigenvalue weighted by atomic mass is 9.94. The number of carboxylic acid groups (broad SMARTS) is 1. The summed E-state index contributed by atoms with van der Waals surface area (Å²) in [6.07, 6.45) is 0.508. The maximum Gasteiger partial charge on any atom is 0.307 e. The predicted octanol–water partition coefficient (Wildman–Crippen LogP) is 2.44. The third kappa shape index (κ3) is 4.34. The summed E-state index contributed by atoms with van der Waals surface area (Å²) in [5.41, 5.74) is 0.598. The van der Waals surface area contributed by atoms with Crippen molar-refractivity contribution in [3.63, 3.8) is 0 Å². The van der Waals surface area contributed by atoms with Crippen LogP contribution < -0.4 is 0 Å². The van der Waals surface area contributed by atoms with Gasteiger partial charge in [0, 0.05) is 12.8 Å². The summed E-state index contributed by atoms with van der Waals surface area (Å²) < 4.78 is 12.9. The number of benzene rings is 1. The van der Waals surface area contributed by atoms with Crippen molar-refractivity contribution in [1.29, 1.82) is 0 Å². The van der Waals surface area contributed by atoms with Gasteiger partial charge in [-0.2, -0.15) is 0 Å². The zero-order valence-corrected chi connectivity index (χ0v) is 9.65. The number of ketones is 1. The minimum Gasteiger partial charge on any atom is -0.481 e. The number of halogens is 1. The van der Waals surface area contributed by atoms with Crippen LogP contribution in [0.2, 0.25) is 0 Å². The molecule has 3 nitrogen and oxygen atoms in total. The first-order valence-electron chi connectivity index (χ1n) is 5.52. The van der Waals surface area contributed by atoms with Gasteiger partial charge in [-0.1, -0.05) is 19.1 Å². The van der Waals surface area contributed by atoms with Crippen LogP contribution in [0.15, 0.2) is 24.3 Å². The zero-order valence-electron chi connectivity index (χ0n) is 9.65. The zero-order chi connectivity index (χ0) is 12.8. The van der Waals surface area contributed by atoms with Crippen LogP contribution in [0.1, 0.15) is 25.3 Å². The van der Waals surface area contributed by atoms with Gasteiger partial charge in [0.25, 0.3) is 0 Å². The highest BCUT2D eigenvalue weighted by atomic mass is 19.1. The molecule has 0 bridgehead atoms. The maximum atomic E-state index is 12.9. The van der Waals surface area contributed by atoms with Crippen molar-refractivity contribution in [3.05, 3.63) is 35.6 Å². The SMILES string of the molecule is CCC(=O)CC(Cc1cccc(F)c1)C(=O)O. The smallest absolute Gasteiger partial charge is 0.307 e. The minimum absolute atomic E-state index is 0.00233. The molecule has 1 rings (SSSR count). The van der Waals surface area contributed by atoms with Gasteiger partial charge in [0.1, 0.15) is 11.6 Å². The Bertz CT molecular complexity index is 415. The largest absolute Gasteiger partial charge is 0.481 e. The van der Waals surface area contributed by atoms with E-state index in [0.717, 1.165) is 0 Å². The van der Waals surface area contributed by atoms with E-state index in [9.17, 15) is 14.0 Å². The van der Waals surface area contributed by atoms with Gasteiger partial charge >= 0.3 is 5.97 Å². The van der Waals surface area contributed by atoms with Gasteiger partial charge in [0.05, 0.1) is 5.92 Å². The van der Waals surface area contributed by atoms with Gasteiger partial charge in [-0.15, -0.1) is 0 Å². The average Bonchev–Trinajstić information content (AvgIpc) is 2.27. The molecule has 92 valence electrons. The van der Waals surface area contributed by atoms with Crippen LogP contribution in [0.3, 0.4) is 0 Å². The number of rotatable bonds is 6. The molecule has 1 aromatic carbocycles. The van der Waals surface area contributed by atoms with Crippen molar-refractivity contribution < 1.29 is 19.1 Å². The Hall–Kier alpha value is -1.71. The van der Waals surface area contributed by atoms with E-state index < -0.39 is 17.7 Å². The molecule has 0 saturated heterocycles. The quantitative estimate of drug-likeness (QED) is 0.828. The lowest BCUT2D eigenvalue weighted by Gasteiger charge is -2.11. The molecule has 0 aromatic heterocycles. The van der Waals surface area contributed by atoms with E-state index in [2.05, 4.69) is 0 Å². The van der Waals surface area contributed by atoms with E-state index in [0.29, 0.717) is 12.0 Å². The summed E-state index contributed by atoms with van der Waals surface area (Å²) in [5, 5.41) is 9.00. The molecule has 1 unspecified atom stereocenters. The van der Waals surface area contributed by atoms with Crippen LogP contribution in [0.25, 0.3) is 0 Å². The molecule has 0 radical (unpaired) electrons. The van der Waals surface area contributed by atoms with Gasteiger partial charge in [-0.05, 0) is 24.1 Å². The Labute approximate surface area is 99.3 Å². The minimum atomic E-state index is -1.02. The number of aliphatic carboxylic acids is 1. The van der Waals surface area contributed by atoms with Crippen LogP contribution in [-0.4, -0.2) is 16.9 Å². The number of hydrogen-bond acceptors (Lipinski definition) is 2. The van der Waals surface area contributed by atoms with E-state index in [1.807, 2.05) is 0 Å². The molecular weight excluding hydrogens is 223 g/mol. The van der Waals surface area contributed by atoms with Crippen LogP contribution >= 0.6 is 0 Å². The van der Waals surface area contributed by atoms with Gasteiger partial charge in [-0.25, -0.2) is 4.39 Å². The highest BCUT2D eigenvalue weighted by molar-refractivity contribution is 5.83. The molecule has 0 fully saturated rings. The third-order valence-corrected chi connectivity index (χ3v) is 2.59. The van der Waals surface area contributed by atoms with Crippen LogP contribution in [0, 0.1) is 11.7 Å². The van der Waals surface area contributed by atoms with E-state index >= 15 is 0 Å². The molecule has 0 spiro atoms. The second-order valence-corrected chi connectivity index (χ2v) is 3.97. The Balaban J connectivity index is 2.73. The Morgan fingerprint density at radius 3 is 2.65 bits per heavy atom. The van der Waals surface area contributed by atoms with Crippen LogP contribution in [0.5, 0.6) is 0 Å². The standard InChI is InChI=1S/C13H15FO3/c1-2-12(15)8-10(13(16)17)6-9-4-3-5-11(14)7-9/h3-5,7,10H,2,6,8H2,1H3,(H,16,17). The molecule has 1 N–H and O–H groups in total. The normalized spacial score (nSPS) is 12.1. The van der Waals surface area contributed by atoms with Gasteiger partial charge in [-0.3, -0.25) is 9.59 Å². The number of carbonyl (C=O) groups is 2. The summed E-state index contributed by atoms with van der Waals surface area (Å²) >= 11 is 0. The molecule has 0 saturated carbocycles. The summed E-state index contributed by atoms with van der Waals surface area (Å²) in [7, 11) is 0. The highest BCUT2D eigenvalue weighted by Crippen LogP contribution is 2.15. The van der Waals surface area contributed by atoms with Crippen molar-refractivity contribution in [2.75, 3.05) is 0 Å². The Morgan fingerprint density at radius 1 is 1.41 bits per heavy atom. The second kappa shape index (κ2) is 6.13. The lowest BCUT2D eigenvalue weighted by Crippen LogP contribution is -2.20. The molecule has 0 heterocycles. The molecule has 1 atom stereocenters. The first-order chi connectivity index (χ1) is 8.02. The fraction of sp³-hybridized carbons (Fsp3) is 0.385. The van der Waals surface area contributed by atoms with Gasteiger partial charge in [0.15, 0.2) is 0 Å². The van der Waals surface area contributed by atoms with Gasteiger partial charge < -0.3 is 5.11 Å². The molecule has 0 aliphatic heterocycles. The number of hydrogen-bond donors (Lipinski definition) is 1. The van der Waals surface area contributed by atoms with Gasteiger partial charge in [0.2, 0.25) is 0 Å². The number of carbonyl (C=O) groups excluding carboxylic acids is 1. The topological polar surface area (TPSA) is 54.4 Å². The molecule has 1 aromatic rings. The number of Topliss-reactive ketones (excluding diaryl/α,β-unsaturated/α-hetero) is 1. The summed E-state index contributed by atoms with van der Waals surface area (Å²) in [6, 6.07) is 5.80. The molecular formula is C13H15FO3. The van der Waals surface area contributed by atoms with Crippen LogP contribution in [0.4, 0.5) is 4.39 Å². The van der Waals surface area contributed by atoms with E-state index in [1.54, 1.807) is 13.0 Å². The molecule has 0 aliphatic carbocycles. The van der Waals surface area contributed by atoms with E-state index in [4.69, 9.17) is 5.11 Å². The van der Waals surface area contributed by atoms with E-state index in [1.165, 1.54) is 18.2 Å². The third-order valence-electron chi connectivity index (χ3n) is 2.59. The first kappa shape index (κ1) is 13.4. The molecule has 0 amide bonds. The van der Waals surface area contributed by atoms with Crippen LogP contribution in [-0.2, 0) is 16.0 Å². The fourth-order valence-electron chi connectivity index (χ4n) is 1.61. The number of carboxylic acids is 1. The maximum absolute atomic E-state index is 12.9. The Kier molecular flexibility index (Phi) is 4.82. The first-order valence-corrected chi connectivity index (χ1v) is 5.52. The summed E-state index contributed by atoms with van der Waals surface area (Å²) in [4.78, 5) is 22.2. The predicted molar refractivity (Wildman–Crippen MR) is 61.1 cm³/mol.